The Morgan fingerprint density at radius 3 is 2.29 bits per heavy atom. The molecular weight excluding hydrogens is 262 g/mol. The highest BCUT2D eigenvalue weighted by molar-refractivity contribution is 5.91. The maximum atomic E-state index is 11.4. The summed E-state index contributed by atoms with van der Waals surface area (Å²) in [7, 11) is 0. The first-order chi connectivity index (χ1) is 9.93. The quantitative estimate of drug-likeness (QED) is 0.852. The molecule has 0 amide bonds. The minimum atomic E-state index is 0.419. The highest BCUT2D eigenvalue weighted by atomic mass is 16.1. The van der Waals surface area contributed by atoms with Crippen LogP contribution in [0.2, 0.25) is 0 Å². The van der Waals surface area contributed by atoms with Crippen molar-refractivity contribution in [1.82, 2.24) is 9.78 Å². The fraction of sp³-hybridized carbons (Fsp3) is 0.412. The van der Waals surface area contributed by atoms with E-state index in [4.69, 9.17) is 5.73 Å². The molecule has 0 saturated carbocycles. The lowest BCUT2D eigenvalue weighted by Gasteiger charge is -2.06. The molecule has 0 unspecified atom stereocenters. The third-order valence-electron chi connectivity index (χ3n) is 3.54. The smallest absolute Gasteiger partial charge is 0.156 e. The van der Waals surface area contributed by atoms with Gasteiger partial charge in [-0.1, -0.05) is 52.0 Å². The molecule has 0 aliphatic carbocycles. The summed E-state index contributed by atoms with van der Waals surface area (Å²) >= 11 is 0. The number of nitrogens with zero attached hydrogens (tertiary/aromatic N) is 2. The molecule has 2 rings (SSSR count). The number of nitrogen functional groups attached to an aromatic ring is 1. The van der Waals surface area contributed by atoms with Gasteiger partial charge in [0.1, 0.15) is 11.5 Å². The highest BCUT2D eigenvalue weighted by Crippen LogP contribution is 2.27. The van der Waals surface area contributed by atoms with Gasteiger partial charge in [-0.05, 0) is 17.4 Å². The Bertz CT molecular complexity index is 624. The molecule has 1 heterocycles. The van der Waals surface area contributed by atoms with Crippen LogP contribution in [-0.4, -0.2) is 16.1 Å². The normalized spacial score (nSPS) is 11.3. The second-order valence-corrected chi connectivity index (χ2v) is 6.12. The van der Waals surface area contributed by atoms with Gasteiger partial charge in [-0.15, -0.1) is 0 Å². The van der Waals surface area contributed by atoms with Crippen molar-refractivity contribution in [2.75, 3.05) is 5.73 Å². The number of benzene rings is 1. The predicted octanol–water partition coefficient (Wildman–Crippen LogP) is 3.72. The molecule has 0 bridgehead atoms. The number of aldehydes is 1. The summed E-state index contributed by atoms with van der Waals surface area (Å²) in [6.45, 7) is 9.21. The van der Waals surface area contributed by atoms with Crippen molar-refractivity contribution in [2.24, 2.45) is 5.92 Å². The van der Waals surface area contributed by atoms with E-state index in [0.717, 1.165) is 11.8 Å². The number of carbonyl (C=O) groups is 1. The van der Waals surface area contributed by atoms with Crippen molar-refractivity contribution in [3.63, 3.8) is 0 Å². The van der Waals surface area contributed by atoms with Crippen molar-refractivity contribution < 1.29 is 4.79 Å². The van der Waals surface area contributed by atoms with E-state index in [-0.39, 0.29) is 0 Å². The molecule has 4 heteroatoms. The zero-order valence-electron chi connectivity index (χ0n) is 13.1. The van der Waals surface area contributed by atoms with Crippen LogP contribution in [0.5, 0.6) is 0 Å². The number of carbonyl (C=O) groups excluding carboxylic acids is 1. The number of anilines is 1. The Hall–Kier alpha value is -2.10. The summed E-state index contributed by atoms with van der Waals surface area (Å²) < 4.78 is 1.72. The molecule has 0 spiro atoms. The molecule has 21 heavy (non-hydrogen) atoms. The van der Waals surface area contributed by atoms with E-state index < -0.39 is 0 Å². The van der Waals surface area contributed by atoms with E-state index in [1.807, 2.05) is 12.1 Å². The summed E-state index contributed by atoms with van der Waals surface area (Å²) in [5.74, 6) is 1.35. The molecule has 0 aliphatic heterocycles. The second kappa shape index (κ2) is 6.12. The number of rotatable bonds is 5. The van der Waals surface area contributed by atoms with E-state index in [9.17, 15) is 4.79 Å². The zero-order valence-corrected chi connectivity index (χ0v) is 13.1. The van der Waals surface area contributed by atoms with Crippen molar-refractivity contribution in [2.45, 2.75) is 40.2 Å². The van der Waals surface area contributed by atoms with Crippen molar-refractivity contribution in [3.05, 3.63) is 35.4 Å². The first-order valence-corrected chi connectivity index (χ1v) is 7.35. The Morgan fingerprint density at radius 2 is 1.81 bits per heavy atom. The molecule has 2 N–H and O–H groups in total. The summed E-state index contributed by atoms with van der Waals surface area (Å²) in [5, 5.41) is 4.53. The number of nitrogens with two attached hydrogens (primary N) is 1. The van der Waals surface area contributed by atoms with Crippen LogP contribution in [0.3, 0.4) is 0 Å². The SMILES string of the molecule is CC(C)Cn1nc(-c2ccc(C(C)C)cc2)c(C=O)c1N. The van der Waals surface area contributed by atoms with Gasteiger partial charge in [-0.2, -0.15) is 5.10 Å². The van der Waals surface area contributed by atoms with Crippen molar-refractivity contribution in [1.29, 1.82) is 0 Å². The van der Waals surface area contributed by atoms with Gasteiger partial charge in [-0.3, -0.25) is 4.79 Å². The Labute approximate surface area is 126 Å². The standard InChI is InChI=1S/C17H23N3O/c1-11(2)9-20-17(18)15(10-21)16(19-20)14-7-5-13(6-8-14)12(3)4/h5-8,10-12H,9,18H2,1-4H3. The van der Waals surface area contributed by atoms with Crippen LogP contribution >= 0.6 is 0 Å². The predicted molar refractivity (Wildman–Crippen MR) is 86.4 cm³/mol. The molecule has 0 aliphatic rings. The Morgan fingerprint density at radius 1 is 1.19 bits per heavy atom. The second-order valence-electron chi connectivity index (χ2n) is 6.12. The van der Waals surface area contributed by atoms with Gasteiger partial charge in [0, 0.05) is 12.1 Å². The number of hydrogen-bond donors (Lipinski definition) is 1. The third kappa shape index (κ3) is 3.15. The Balaban J connectivity index is 2.45. The minimum Gasteiger partial charge on any atom is -0.383 e. The van der Waals surface area contributed by atoms with Crippen LogP contribution < -0.4 is 5.73 Å². The van der Waals surface area contributed by atoms with Gasteiger partial charge in [-0.25, -0.2) is 4.68 Å². The van der Waals surface area contributed by atoms with Crippen LogP contribution in [0.1, 0.15) is 49.5 Å². The maximum Gasteiger partial charge on any atom is 0.156 e. The zero-order chi connectivity index (χ0) is 15.6. The Kier molecular flexibility index (Phi) is 4.46. The summed E-state index contributed by atoms with van der Waals surface area (Å²) in [6.07, 6.45) is 0.796. The molecule has 2 aromatic rings. The molecule has 0 atom stereocenters. The molecule has 1 aromatic carbocycles. The molecule has 0 radical (unpaired) electrons. The van der Waals surface area contributed by atoms with E-state index in [0.29, 0.717) is 35.5 Å². The van der Waals surface area contributed by atoms with Crippen LogP contribution in [0.15, 0.2) is 24.3 Å². The molecule has 1 aromatic heterocycles. The molecular formula is C17H23N3O. The lowest BCUT2D eigenvalue weighted by molar-refractivity contribution is 0.112. The van der Waals surface area contributed by atoms with Crippen molar-refractivity contribution in [3.8, 4) is 11.3 Å². The largest absolute Gasteiger partial charge is 0.383 e. The monoisotopic (exact) mass is 285 g/mol. The topological polar surface area (TPSA) is 60.9 Å². The van der Waals surface area contributed by atoms with Gasteiger partial charge in [0.05, 0.1) is 5.56 Å². The summed E-state index contributed by atoms with van der Waals surface area (Å²) in [5.41, 5.74) is 9.38. The van der Waals surface area contributed by atoms with E-state index >= 15 is 0 Å². The molecule has 0 saturated heterocycles. The fourth-order valence-electron chi connectivity index (χ4n) is 2.33. The average Bonchev–Trinajstić information content (AvgIpc) is 2.75. The summed E-state index contributed by atoms with van der Waals surface area (Å²) in [4.78, 5) is 11.4. The highest BCUT2D eigenvalue weighted by Gasteiger charge is 2.17. The van der Waals surface area contributed by atoms with E-state index in [1.54, 1.807) is 4.68 Å². The average molecular weight is 285 g/mol. The maximum absolute atomic E-state index is 11.4. The van der Waals surface area contributed by atoms with E-state index in [2.05, 4.69) is 44.9 Å². The minimum absolute atomic E-state index is 0.419. The fourth-order valence-corrected chi connectivity index (χ4v) is 2.33. The third-order valence-corrected chi connectivity index (χ3v) is 3.54. The lowest BCUT2D eigenvalue weighted by Crippen LogP contribution is -2.09. The van der Waals surface area contributed by atoms with Gasteiger partial charge in [0.25, 0.3) is 0 Å². The van der Waals surface area contributed by atoms with Crippen molar-refractivity contribution >= 4 is 12.1 Å². The number of aromatic nitrogens is 2. The van der Waals surface area contributed by atoms with Gasteiger partial charge < -0.3 is 5.73 Å². The first kappa shape index (κ1) is 15.3. The first-order valence-electron chi connectivity index (χ1n) is 7.35. The number of hydrogen-bond acceptors (Lipinski definition) is 3. The van der Waals surface area contributed by atoms with Gasteiger partial charge in [0.2, 0.25) is 0 Å². The lowest BCUT2D eigenvalue weighted by atomic mass is 10.00. The molecule has 112 valence electrons. The van der Waals surface area contributed by atoms with Gasteiger partial charge >= 0.3 is 0 Å². The van der Waals surface area contributed by atoms with Crippen LogP contribution in [0, 0.1) is 5.92 Å². The van der Waals surface area contributed by atoms with E-state index in [1.165, 1.54) is 5.56 Å². The molecule has 0 fully saturated rings. The van der Waals surface area contributed by atoms with Gasteiger partial charge in [0.15, 0.2) is 6.29 Å². The molecule has 4 nitrogen and oxygen atoms in total. The van der Waals surface area contributed by atoms with Crippen LogP contribution in [0.25, 0.3) is 11.3 Å². The van der Waals surface area contributed by atoms with Crippen LogP contribution in [0.4, 0.5) is 5.82 Å². The summed E-state index contributed by atoms with van der Waals surface area (Å²) in [6, 6.07) is 8.16. The van der Waals surface area contributed by atoms with Crippen LogP contribution in [-0.2, 0) is 6.54 Å².